The van der Waals surface area contributed by atoms with Gasteiger partial charge >= 0.3 is 11.9 Å². The highest BCUT2D eigenvalue weighted by molar-refractivity contribution is 5.99. The second-order valence-corrected chi connectivity index (χ2v) is 18.5. The maximum Gasteiger partial charge on any atom is 0.341 e. The molecule has 7 rings (SSSR count). The molecule has 1 aliphatic heterocycles. The summed E-state index contributed by atoms with van der Waals surface area (Å²) in [5, 5.41) is 78.4. The Morgan fingerprint density at radius 3 is 1.56 bits per heavy atom. The number of anilines is 1. The van der Waals surface area contributed by atoms with Gasteiger partial charge in [0.15, 0.2) is 34.5 Å². The number of phenolic OH excluding ortho intramolecular Hbond substituents is 6. The van der Waals surface area contributed by atoms with Crippen LogP contribution in [0.3, 0.4) is 0 Å². The number of nitrogens with zero attached hydrogens (tertiary/aromatic N) is 3. The maximum absolute atomic E-state index is 15.7. The highest BCUT2D eigenvalue weighted by Crippen LogP contribution is 2.39. The summed E-state index contributed by atoms with van der Waals surface area (Å²) in [6.45, 7) is 2.24. The van der Waals surface area contributed by atoms with E-state index in [0.29, 0.717) is 76.8 Å². The fourth-order valence-corrected chi connectivity index (χ4v) is 9.19. The Balaban J connectivity index is 1.01. The molecule has 73 heavy (non-hydrogen) atoms. The van der Waals surface area contributed by atoms with Gasteiger partial charge in [0.2, 0.25) is 5.43 Å². The molecule has 0 unspecified atom stereocenters. The van der Waals surface area contributed by atoms with Crippen molar-refractivity contribution in [2.45, 2.75) is 63.8 Å². The summed E-state index contributed by atoms with van der Waals surface area (Å²) in [6, 6.07) is 14.7. The molecular weight excluding hydrogens is 952 g/mol. The van der Waals surface area contributed by atoms with Crippen LogP contribution in [-0.4, -0.2) is 134 Å². The molecule has 388 valence electrons. The molecule has 0 atom stereocenters. The van der Waals surface area contributed by atoms with Crippen molar-refractivity contribution < 1.29 is 68.8 Å². The molecule has 0 bridgehead atoms. The van der Waals surface area contributed by atoms with Crippen molar-refractivity contribution in [3.05, 3.63) is 111 Å². The molecule has 10 N–H and O–H groups in total. The lowest BCUT2D eigenvalue weighted by Crippen LogP contribution is -2.47. The normalized spacial score (nSPS) is 13.9. The number of hydrogen-bond donors (Lipinski definition) is 10. The number of phenols is 6. The monoisotopic (exact) mass is 1010 g/mol. The van der Waals surface area contributed by atoms with E-state index in [0.717, 1.165) is 18.9 Å². The van der Waals surface area contributed by atoms with Gasteiger partial charge < -0.3 is 65.9 Å². The number of carbonyl (C=O) groups excluding carboxylic acids is 4. The van der Waals surface area contributed by atoms with Crippen molar-refractivity contribution in [2.75, 3.05) is 63.9 Å². The number of carboxylic acid groups (broad SMARTS) is 1. The summed E-state index contributed by atoms with van der Waals surface area (Å²) in [5.74, 6) is -7.59. The van der Waals surface area contributed by atoms with E-state index in [1.54, 1.807) is 10.6 Å². The third-order valence-electron chi connectivity index (χ3n) is 13.4. The Bertz CT molecular complexity index is 2760. The van der Waals surface area contributed by atoms with Gasteiger partial charge in [-0.1, -0.05) is 18.2 Å². The Morgan fingerprint density at radius 2 is 1.12 bits per heavy atom. The first-order valence-electron chi connectivity index (χ1n) is 24.1. The minimum Gasteiger partial charge on any atom is -0.504 e. The molecule has 2 aliphatic rings. The van der Waals surface area contributed by atoms with E-state index in [-0.39, 0.29) is 66.5 Å². The Labute approximate surface area is 418 Å². The molecule has 1 aromatic heterocycles. The van der Waals surface area contributed by atoms with Gasteiger partial charge in [-0.05, 0) is 99.9 Å². The van der Waals surface area contributed by atoms with Crippen LogP contribution in [0.2, 0.25) is 0 Å². The molecule has 5 aromatic rings. The smallest absolute Gasteiger partial charge is 0.341 e. The van der Waals surface area contributed by atoms with E-state index in [2.05, 4.69) is 16.0 Å². The minimum absolute atomic E-state index is 0.00262. The number of amides is 3. The average Bonchev–Trinajstić information content (AvgIpc) is 4.22. The van der Waals surface area contributed by atoms with Crippen LogP contribution in [0.5, 0.6) is 34.5 Å². The maximum atomic E-state index is 15.7. The molecule has 2 fully saturated rings. The van der Waals surface area contributed by atoms with Crippen LogP contribution in [-0.2, 0) is 9.53 Å². The van der Waals surface area contributed by atoms with Gasteiger partial charge in [0.25, 0.3) is 17.7 Å². The highest BCUT2D eigenvalue weighted by Gasteiger charge is 2.33. The number of carbonyl (C=O) groups is 5. The number of aromatic nitrogens is 1. The number of ether oxygens (including phenoxy) is 1. The molecule has 21 heteroatoms. The second-order valence-electron chi connectivity index (χ2n) is 18.5. The third-order valence-corrected chi connectivity index (χ3v) is 13.4. The predicted octanol–water partition coefficient (Wildman–Crippen LogP) is 5.08. The number of para-hydroxylation sites is 3. The van der Waals surface area contributed by atoms with E-state index < -0.39 is 86.4 Å². The summed E-state index contributed by atoms with van der Waals surface area (Å²) in [4.78, 5) is 81.3. The van der Waals surface area contributed by atoms with Crippen LogP contribution in [0.4, 0.5) is 10.1 Å². The molecular formula is C52H59FN6O14. The Hall–Kier alpha value is -8.07. The van der Waals surface area contributed by atoms with Crippen LogP contribution in [0.1, 0.15) is 105 Å². The van der Waals surface area contributed by atoms with Crippen molar-refractivity contribution in [1.29, 1.82) is 0 Å². The summed E-state index contributed by atoms with van der Waals surface area (Å²) in [7, 11) is 0. The number of aromatic hydroxyl groups is 6. The van der Waals surface area contributed by atoms with Gasteiger partial charge in [0, 0.05) is 75.4 Å². The van der Waals surface area contributed by atoms with Gasteiger partial charge in [0.1, 0.15) is 11.4 Å². The van der Waals surface area contributed by atoms with Crippen LogP contribution in [0.15, 0.2) is 77.7 Å². The Kier molecular flexibility index (Phi) is 16.9. The van der Waals surface area contributed by atoms with Crippen LogP contribution in [0.25, 0.3) is 10.9 Å². The summed E-state index contributed by atoms with van der Waals surface area (Å²) in [5.41, 5.74) is -1.64. The first-order chi connectivity index (χ1) is 35.0. The SMILES string of the molecule is O=C(CCN1CCN(c2cc3c(cc2F)c(=O)c(C(=O)O)cn3C2CC2)CC1)OCC(CCCNC(=O)c1cccc(O)c1O)(CCCNC(=O)c1cccc(O)c1O)CCCNC(=O)c1cccc(O)c1O. The lowest BCUT2D eigenvalue weighted by atomic mass is 9.75. The van der Waals surface area contributed by atoms with Crippen molar-refractivity contribution in [3.63, 3.8) is 0 Å². The number of fused-ring (bicyclic) bond motifs is 1. The lowest BCUT2D eigenvalue weighted by molar-refractivity contribution is -0.148. The zero-order chi connectivity index (χ0) is 52.4. The van der Waals surface area contributed by atoms with E-state index in [9.17, 15) is 64.5 Å². The molecule has 2 heterocycles. The predicted molar refractivity (Wildman–Crippen MR) is 264 cm³/mol. The fraction of sp³-hybridized carbons (Fsp3) is 0.385. The standard InChI is InChI=1S/C52H59FN6O14/c53-37-27-35-38(59(31-13-14-31)29-36(44(35)64)51(71)72)28-39(37)58-25-23-57(24-26-58)22-15-43(63)73-30-52(16-4-19-54-48(68)32-7-1-10-40(60)45(32)65,17-5-20-55-49(69)33-8-2-11-41(61)46(33)66)18-6-21-56-50(70)34-9-3-12-42(62)47(34)67/h1-3,7-12,27-29,31,60-62,65-67H,4-6,13-26,30H2,(H,54,68)(H,55,69)(H,56,70)(H,71,72). The highest BCUT2D eigenvalue weighted by atomic mass is 19.1. The number of esters is 1. The average molecular weight is 1010 g/mol. The number of nitrogens with one attached hydrogen (secondary N) is 3. The largest absolute Gasteiger partial charge is 0.504 e. The number of piperazine rings is 1. The van der Waals surface area contributed by atoms with Gasteiger partial charge in [-0.25, -0.2) is 9.18 Å². The van der Waals surface area contributed by atoms with Crippen molar-refractivity contribution in [3.8, 4) is 34.5 Å². The zero-order valence-electron chi connectivity index (χ0n) is 39.9. The summed E-state index contributed by atoms with van der Waals surface area (Å²) < 4.78 is 23.4. The molecule has 1 aliphatic carbocycles. The number of benzene rings is 4. The van der Waals surface area contributed by atoms with Crippen LogP contribution >= 0.6 is 0 Å². The molecule has 3 amide bonds. The molecule has 0 radical (unpaired) electrons. The van der Waals surface area contributed by atoms with Crippen molar-refractivity contribution >= 4 is 46.3 Å². The lowest BCUT2D eigenvalue weighted by Gasteiger charge is -2.36. The number of hydrogen-bond acceptors (Lipinski definition) is 15. The second kappa shape index (κ2) is 23.4. The number of rotatable bonds is 23. The first-order valence-corrected chi connectivity index (χ1v) is 24.1. The van der Waals surface area contributed by atoms with Crippen molar-refractivity contribution in [1.82, 2.24) is 25.4 Å². The third kappa shape index (κ3) is 12.9. The molecule has 4 aromatic carbocycles. The minimum atomic E-state index is -1.38. The van der Waals surface area contributed by atoms with Gasteiger partial charge in [-0.3, -0.25) is 28.9 Å². The topological polar surface area (TPSA) is 301 Å². The fourth-order valence-electron chi connectivity index (χ4n) is 9.19. The van der Waals surface area contributed by atoms with Crippen LogP contribution in [0, 0.1) is 11.2 Å². The molecule has 1 saturated carbocycles. The Morgan fingerprint density at radius 1 is 0.658 bits per heavy atom. The number of aromatic carboxylic acids is 1. The molecule has 20 nitrogen and oxygen atoms in total. The van der Waals surface area contributed by atoms with Gasteiger partial charge in [-0.2, -0.15) is 0 Å². The first kappa shape index (κ1) is 52.7. The number of carboxylic acids is 1. The van der Waals surface area contributed by atoms with E-state index in [1.807, 2.05) is 9.80 Å². The van der Waals surface area contributed by atoms with Crippen molar-refractivity contribution in [2.24, 2.45) is 5.41 Å². The van der Waals surface area contributed by atoms with Crippen LogP contribution < -0.4 is 26.3 Å². The number of pyridine rings is 1. The van der Waals surface area contributed by atoms with E-state index >= 15 is 4.39 Å². The van der Waals surface area contributed by atoms with E-state index in [1.165, 1.54) is 60.8 Å². The van der Waals surface area contributed by atoms with E-state index in [4.69, 9.17) is 4.74 Å². The molecule has 1 saturated heterocycles. The quantitative estimate of drug-likeness (QED) is 0.0232. The van der Waals surface area contributed by atoms with Gasteiger partial charge in [0.05, 0.1) is 40.9 Å². The zero-order valence-corrected chi connectivity index (χ0v) is 39.9. The molecule has 0 spiro atoms. The van der Waals surface area contributed by atoms with Gasteiger partial charge in [-0.15, -0.1) is 0 Å². The summed E-state index contributed by atoms with van der Waals surface area (Å²) in [6.07, 6.45) is 4.99. The summed E-state index contributed by atoms with van der Waals surface area (Å²) >= 11 is 0. The number of halogens is 1.